The van der Waals surface area contributed by atoms with Crippen molar-refractivity contribution in [1.29, 1.82) is 0 Å². The molecule has 17 nitrogen and oxygen atoms in total. The van der Waals surface area contributed by atoms with Gasteiger partial charge >= 0.3 is 23.9 Å². The molecule has 5 atom stereocenters. The zero-order valence-corrected chi connectivity index (χ0v) is 22.3. The molecule has 0 spiro atoms. The van der Waals surface area contributed by atoms with E-state index < -0.39 is 110 Å². The van der Waals surface area contributed by atoms with E-state index in [0.717, 1.165) is 0 Å². The highest BCUT2D eigenvalue weighted by Gasteiger charge is 2.31. The summed E-state index contributed by atoms with van der Waals surface area (Å²) in [5.74, 6) is -9.51. The van der Waals surface area contributed by atoms with Gasteiger partial charge in [0.1, 0.15) is 24.2 Å². The monoisotopic (exact) mass is 575 g/mol. The third kappa shape index (κ3) is 14.0. The van der Waals surface area contributed by atoms with E-state index in [1.807, 2.05) is 0 Å². The first-order chi connectivity index (χ1) is 18.5. The third-order valence-electron chi connectivity index (χ3n) is 5.59. The fourth-order valence-electron chi connectivity index (χ4n) is 3.12. The number of amides is 4. The minimum atomic E-state index is -1.57. The van der Waals surface area contributed by atoms with Crippen LogP contribution < -0.4 is 27.0 Å². The summed E-state index contributed by atoms with van der Waals surface area (Å²) in [4.78, 5) is 94.7. The second-order valence-electron chi connectivity index (χ2n) is 9.32. The highest BCUT2D eigenvalue weighted by atomic mass is 16.4. The molecule has 10 N–H and O–H groups in total. The first-order valence-corrected chi connectivity index (χ1v) is 12.3. The lowest BCUT2D eigenvalue weighted by Gasteiger charge is -2.25. The fourth-order valence-corrected chi connectivity index (χ4v) is 3.12. The minimum Gasteiger partial charge on any atom is -0.481 e. The highest BCUT2D eigenvalue weighted by molar-refractivity contribution is 5.95. The molecule has 0 unspecified atom stereocenters. The average molecular weight is 576 g/mol. The molecule has 17 heteroatoms. The van der Waals surface area contributed by atoms with Gasteiger partial charge in [-0.15, -0.1) is 0 Å². The van der Waals surface area contributed by atoms with Crippen LogP contribution in [-0.4, -0.2) is 98.1 Å². The summed E-state index contributed by atoms with van der Waals surface area (Å²) in [6.45, 7) is 4.46. The lowest BCUT2D eigenvalue weighted by Crippen LogP contribution is -2.58. The SMILES string of the molecule is CC(C)[C@H](N)C(=O)N[C@@H](CCC(=O)O)C(=O)N[C@@H](CCC(=O)O)C(=O)N[C@@H](C)C(=O)N[C@@H](CCC(=O)O)C(=O)O. The smallest absolute Gasteiger partial charge is 0.326 e. The molecule has 0 aromatic carbocycles. The largest absolute Gasteiger partial charge is 0.481 e. The molecule has 0 fully saturated rings. The lowest BCUT2D eigenvalue weighted by atomic mass is 10.0. The standard InChI is InChI=1S/C23H37N5O12/c1-10(2)18(24)22(38)27-13(5-8-16(31)32)21(37)26-12(4-7-15(29)30)20(36)25-11(3)19(35)28-14(23(39)40)6-9-17(33)34/h10-14,18H,4-9,24H2,1-3H3,(H,25,36)(H,26,37)(H,27,38)(H,28,35)(H,29,30)(H,31,32)(H,33,34)(H,39,40)/t11-,12-,13-,14-,18-/m0/s1. The Labute approximate surface area is 229 Å². The maximum absolute atomic E-state index is 12.9. The zero-order chi connectivity index (χ0) is 31.2. The number of carboxylic acids is 4. The van der Waals surface area contributed by atoms with Crippen molar-refractivity contribution in [3.8, 4) is 0 Å². The number of nitrogens with one attached hydrogen (secondary N) is 4. The predicted octanol–water partition coefficient (Wildman–Crippen LogP) is -2.39. The summed E-state index contributed by atoms with van der Waals surface area (Å²) in [6.07, 6.45) is -2.95. The molecule has 0 aromatic heterocycles. The van der Waals surface area contributed by atoms with Crippen LogP contribution in [0, 0.1) is 5.92 Å². The Morgan fingerprint density at radius 3 is 1.27 bits per heavy atom. The number of carbonyl (C=O) groups excluding carboxylic acids is 4. The van der Waals surface area contributed by atoms with Crippen molar-refractivity contribution in [1.82, 2.24) is 21.3 Å². The summed E-state index contributed by atoms with van der Waals surface area (Å²) < 4.78 is 0. The van der Waals surface area contributed by atoms with E-state index in [0.29, 0.717) is 0 Å². The van der Waals surface area contributed by atoms with E-state index in [2.05, 4.69) is 21.3 Å². The quantitative estimate of drug-likeness (QED) is 0.0777. The summed E-state index contributed by atoms with van der Waals surface area (Å²) in [7, 11) is 0. The van der Waals surface area contributed by atoms with E-state index in [-0.39, 0.29) is 12.3 Å². The van der Waals surface area contributed by atoms with Crippen LogP contribution in [0.5, 0.6) is 0 Å². The summed E-state index contributed by atoms with van der Waals surface area (Å²) in [5.41, 5.74) is 5.77. The first kappa shape index (κ1) is 35.7. The van der Waals surface area contributed by atoms with Gasteiger partial charge in [0.2, 0.25) is 23.6 Å². The molecule has 4 amide bonds. The molecule has 40 heavy (non-hydrogen) atoms. The van der Waals surface area contributed by atoms with Crippen LogP contribution in [0.2, 0.25) is 0 Å². The van der Waals surface area contributed by atoms with Crippen molar-refractivity contribution in [2.24, 2.45) is 11.7 Å². The molecule has 0 aliphatic carbocycles. The number of rotatable bonds is 19. The van der Waals surface area contributed by atoms with Gasteiger partial charge in [-0.2, -0.15) is 0 Å². The number of carboxylic acid groups (broad SMARTS) is 4. The number of carbonyl (C=O) groups is 8. The predicted molar refractivity (Wildman–Crippen MR) is 134 cm³/mol. The van der Waals surface area contributed by atoms with E-state index in [1.165, 1.54) is 6.92 Å². The van der Waals surface area contributed by atoms with E-state index in [1.54, 1.807) is 13.8 Å². The third-order valence-corrected chi connectivity index (χ3v) is 5.59. The molecule has 0 heterocycles. The minimum absolute atomic E-state index is 0.324. The first-order valence-electron chi connectivity index (χ1n) is 12.3. The van der Waals surface area contributed by atoms with E-state index in [9.17, 15) is 43.5 Å². The Morgan fingerprint density at radius 1 is 0.550 bits per heavy atom. The molecule has 0 saturated heterocycles. The van der Waals surface area contributed by atoms with Crippen molar-refractivity contribution in [3.63, 3.8) is 0 Å². The molecular formula is C23H37N5O12. The Balaban J connectivity index is 5.63. The van der Waals surface area contributed by atoms with Gasteiger partial charge in [-0.3, -0.25) is 33.6 Å². The number of hydrogen-bond acceptors (Lipinski definition) is 9. The van der Waals surface area contributed by atoms with Crippen molar-refractivity contribution in [3.05, 3.63) is 0 Å². The summed E-state index contributed by atoms with van der Waals surface area (Å²) in [5, 5.41) is 44.8. The van der Waals surface area contributed by atoms with Crippen molar-refractivity contribution in [2.45, 2.75) is 89.5 Å². The molecule has 0 rings (SSSR count). The van der Waals surface area contributed by atoms with E-state index >= 15 is 0 Å². The van der Waals surface area contributed by atoms with Gasteiger partial charge in [0, 0.05) is 19.3 Å². The Bertz CT molecular complexity index is 970. The Morgan fingerprint density at radius 2 is 0.900 bits per heavy atom. The van der Waals surface area contributed by atoms with Crippen molar-refractivity contribution in [2.75, 3.05) is 0 Å². The van der Waals surface area contributed by atoms with Crippen LogP contribution in [0.3, 0.4) is 0 Å². The van der Waals surface area contributed by atoms with Crippen LogP contribution in [-0.2, 0) is 38.4 Å². The second-order valence-corrected chi connectivity index (χ2v) is 9.32. The molecule has 0 bridgehead atoms. The van der Waals surface area contributed by atoms with E-state index in [4.69, 9.17) is 21.1 Å². The van der Waals surface area contributed by atoms with Crippen LogP contribution in [0.1, 0.15) is 59.3 Å². The Kier molecular flexibility index (Phi) is 15.5. The number of nitrogens with two attached hydrogens (primary N) is 1. The normalized spacial score (nSPS) is 14.5. The van der Waals surface area contributed by atoms with Gasteiger partial charge in [-0.05, 0) is 32.1 Å². The fraction of sp³-hybridized carbons (Fsp3) is 0.652. The summed E-state index contributed by atoms with van der Waals surface area (Å²) in [6, 6.07) is -6.99. The number of aliphatic carboxylic acids is 4. The molecule has 0 saturated carbocycles. The van der Waals surface area contributed by atoms with Gasteiger partial charge in [-0.25, -0.2) is 4.79 Å². The van der Waals surface area contributed by atoms with Crippen LogP contribution >= 0.6 is 0 Å². The van der Waals surface area contributed by atoms with Crippen molar-refractivity contribution >= 4 is 47.5 Å². The number of hydrogen-bond donors (Lipinski definition) is 9. The van der Waals surface area contributed by atoms with Gasteiger partial charge in [-0.1, -0.05) is 13.8 Å². The average Bonchev–Trinajstić information content (AvgIpc) is 2.84. The van der Waals surface area contributed by atoms with Gasteiger partial charge in [0.15, 0.2) is 0 Å². The van der Waals surface area contributed by atoms with Crippen molar-refractivity contribution < 1.29 is 58.8 Å². The second kappa shape index (κ2) is 17.3. The maximum atomic E-state index is 12.9. The summed E-state index contributed by atoms with van der Waals surface area (Å²) >= 11 is 0. The molecule has 0 aliphatic rings. The van der Waals surface area contributed by atoms with Gasteiger partial charge < -0.3 is 47.4 Å². The highest BCUT2D eigenvalue weighted by Crippen LogP contribution is 2.06. The maximum Gasteiger partial charge on any atom is 0.326 e. The lowest BCUT2D eigenvalue weighted by molar-refractivity contribution is -0.143. The molecule has 226 valence electrons. The molecule has 0 radical (unpaired) electrons. The van der Waals surface area contributed by atoms with Gasteiger partial charge in [0.25, 0.3) is 0 Å². The molecule has 0 aromatic rings. The van der Waals surface area contributed by atoms with Gasteiger partial charge in [0.05, 0.1) is 6.04 Å². The molecular weight excluding hydrogens is 538 g/mol. The molecule has 0 aliphatic heterocycles. The van der Waals surface area contributed by atoms with Crippen LogP contribution in [0.4, 0.5) is 0 Å². The zero-order valence-electron chi connectivity index (χ0n) is 22.3. The Hall–Kier alpha value is -4.28. The van der Waals surface area contributed by atoms with Crippen LogP contribution in [0.15, 0.2) is 0 Å². The van der Waals surface area contributed by atoms with Crippen LogP contribution in [0.25, 0.3) is 0 Å². The topological polar surface area (TPSA) is 292 Å².